The van der Waals surface area contributed by atoms with Crippen LogP contribution in [0.25, 0.3) is 0 Å². The molecule has 0 aromatic heterocycles. The van der Waals surface area contributed by atoms with Crippen molar-refractivity contribution in [3.05, 3.63) is 41.5 Å². The van der Waals surface area contributed by atoms with Gasteiger partial charge in [-0.2, -0.15) is 0 Å². The highest BCUT2D eigenvalue weighted by Crippen LogP contribution is 2.47. The number of nitrogens with zero attached hydrogens (tertiary/aromatic N) is 1. The minimum Gasteiger partial charge on any atom is -0.497 e. The molecule has 0 saturated carbocycles. The fraction of sp³-hybridized carbons (Fsp3) is 0.381. The van der Waals surface area contributed by atoms with Gasteiger partial charge < -0.3 is 28.5 Å². The summed E-state index contributed by atoms with van der Waals surface area (Å²) < 4.78 is 27.2. The maximum Gasteiger partial charge on any atom is 0.207 e. The molecule has 2 aromatic carbocycles. The Bertz CT molecular complexity index is 847. The van der Waals surface area contributed by atoms with E-state index in [4.69, 9.17) is 28.5 Å². The van der Waals surface area contributed by atoms with Crippen molar-refractivity contribution in [2.24, 2.45) is 5.16 Å². The van der Waals surface area contributed by atoms with Gasteiger partial charge in [-0.25, -0.2) is 0 Å². The maximum atomic E-state index is 5.67. The zero-order valence-electron chi connectivity index (χ0n) is 16.8. The fourth-order valence-corrected chi connectivity index (χ4v) is 3.29. The lowest BCUT2D eigenvalue weighted by atomic mass is 9.99. The summed E-state index contributed by atoms with van der Waals surface area (Å²) in [6.45, 7) is 0. The van der Waals surface area contributed by atoms with Gasteiger partial charge in [0.2, 0.25) is 11.5 Å². The highest BCUT2D eigenvalue weighted by Gasteiger charge is 2.27. The third kappa shape index (κ3) is 3.78. The molecule has 2 aromatic rings. The normalized spacial score (nSPS) is 15.5. The second-order valence-corrected chi connectivity index (χ2v) is 6.24. The number of benzene rings is 2. The average Bonchev–Trinajstić information content (AvgIpc) is 3.21. The monoisotopic (exact) mass is 387 g/mol. The predicted octanol–water partition coefficient (Wildman–Crippen LogP) is 3.47. The first kappa shape index (κ1) is 19.7. The Hall–Kier alpha value is -3.09. The van der Waals surface area contributed by atoms with E-state index in [1.807, 2.05) is 30.3 Å². The fourth-order valence-electron chi connectivity index (χ4n) is 3.29. The number of hydrogen-bond acceptors (Lipinski definition) is 7. The summed E-state index contributed by atoms with van der Waals surface area (Å²) in [6.07, 6.45) is 1.16. The Balaban J connectivity index is 1.80. The Morgan fingerprint density at radius 3 is 2.11 bits per heavy atom. The number of rotatable bonds is 8. The van der Waals surface area contributed by atoms with Gasteiger partial charge >= 0.3 is 0 Å². The van der Waals surface area contributed by atoms with E-state index >= 15 is 0 Å². The molecule has 150 valence electrons. The topological polar surface area (TPSA) is 67.7 Å². The molecule has 1 aliphatic rings. The van der Waals surface area contributed by atoms with E-state index in [2.05, 4.69) is 5.16 Å². The van der Waals surface area contributed by atoms with E-state index in [0.29, 0.717) is 35.8 Å². The predicted molar refractivity (Wildman–Crippen MR) is 105 cm³/mol. The third-order valence-corrected chi connectivity index (χ3v) is 4.67. The van der Waals surface area contributed by atoms with Crippen LogP contribution in [-0.2, 0) is 11.3 Å². The largest absolute Gasteiger partial charge is 0.497 e. The Kier molecular flexibility index (Phi) is 6.13. The van der Waals surface area contributed by atoms with Gasteiger partial charge in [0.05, 0.1) is 41.3 Å². The van der Waals surface area contributed by atoms with Crippen molar-refractivity contribution in [2.45, 2.75) is 18.9 Å². The first-order valence-electron chi connectivity index (χ1n) is 8.88. The molecule has 0 saturated heterocycles. The standard InChI is InChI=1S/C21H25NO6/c1-23-15-8-6-13(7-9-15)17-12-16(28-22-17)10-14-11-18(24-2)20(26-4)21(27-5)19(14)25-3/h6-9,11,16H,10,12H2,1-5H3. The Labute approximate surface area is 164 Å². The van der Waals surface area contributed by atoms with Crippen molar-refractivity contribution in [1.29, 1.82) is 0 Å². The molecule has 0 aliphatic carbocycles. The minimum atomic E-state index is -0.117. The molecule has 28 heavy (non-hydrogen) atoms. The number of methoxy groups -OCH3 is 5. The molecule has 0 bridgehead atoms. The molecule has 1 unspecified atom stereocenters. The first-order valence-corrected chi connectivity index (χ1v) is 8.88. The molecule has 1 aliphatic heterocycles. The molecule has 0 amide bonds. The quantitative estimate of drug-likeness (QED) is 0.691. The summed E-state index contributed by atoms with van der Waals surface area (Å²) in [6, 6.07) is 9.66. The van der Waals surface area contributed by atoms with Crippen LogP contribution in [-0.4, -0.2) is 47.4 Å². The summed E-state index contributed by atoms with van der Waals surface area (Å²) in [5.41, 5.74) is 2.81. The summed E-state index contributed by atoms with van der Waals surface area (Å²) in [5, 5.41) is 4.26. The summed E-state index contributed by atoms with van der Waals surface area (Å²) in [7, 11) is 7.97. The molecule has 3 rings (SSSR count). The Morgan fingerprint density at radius 1 is 0.857 bits per heavy atom. The van der Waals surface area contributed by atoms with Gasteiger partial charge in [-0.3, -0.25) is 0 Å². The minimum absolute atomic E-state index is 0.117. The highest BCUT2D eigenvalue weighted by atomic mass is 16.6. The van der Waals surface area contributed by atoms with Crippen molar-refractivity contribution in [3.63, 3.8) is 0 Å². The van der Waals surface area contributed by atoms with E-state index in [1.54, 1.807) is 35.5 Å². The van der Waals surface area contributed by atoms with E-state index in [0.717, 1.165) is 22.6 Å². The van der Waals surface area contributed by atoms with Gasteiger partial charge in [0.1, 0.15) is 11.9 Å². The van der Waals surface area contributed by atoms with Crippen LogP contribution in [0.3, 0.4) is 0 Å². The summed E-state index contributed by atoms with van der Waals surface area (Å²) in [5.74, 6) is 2.97. The molecule has 0 N–H and O–H groups in total. The molecule has 0 fully saturated rings. The van der Waals surface area contributed by atoms with Crippen LogP contribution in [0.2, 0.25) is 0 Å². The zero-order valence-corrected chi connectivity index (χ0v) is 16.8. The Morgan fingerprint density at radius 2 is 1.54 bits per heavy atom. The lowest BCUT2D eigenvalue weighted by Gasteiger charge is -2.19. The molecular formula is C21H25NO6. The summed E-state index contributed by atoms with van der Waals surface area (Å²) >= 11 is 0. The second kappa shape index (κ2) is 8.73. The zero-order chi connectivity index (χ0) is 20.1. The van der Waals surface area contributed by atoms with E-state index in [9.17, 15) is 0 Å². The van der Waals surface area contributed by atoms with Crippen LogP contribution in [0.5, 0.6) is 28.7 Å². The van der Waals surface area contributed by atoms with Crippen LogP contribution >= 0.6 is 0 Å². The molecule has 0 radical (unpaired) electrons. The van der Waals surface area contributed by atoms with Crippen molar-refractivity contribution in [3.8, 4) is 28.7 Å². The third-order valence-electron chi connectivity index (χ3n) is 4.67. The maximum absolute atomic E-state index is 5.67. The lowest BCUT2D eigenvalue weighted by molar-refractivity contribution is 0.0853. The van der Waals surface area contributed by atoms with Crippen LogP contribution in [0.15, 0.2) is 35.5 Å². The average molecular weight is 387 g/mol. The number of hydrogen-bond donors (Lipinski definition) is 0. The summed E-state index contributed by atoms with van der Waals surface area (Å²) in [4.78, 5) is 5.67. The molecular weight excluding hydrogens is 362 g/mol. The molecule has 7 nitrogen and oxygen atoms in total. The highest BCUT2D eigenvalue weighted by molar-refractivity contribution is 6.01. The van der Waals surface area contributed by atoms with Gasteiger partial charge in [0.15, 0.2) is 11.5 Å². The van der Waals surface area contributed by atoms with Gasteiger partial charge in [-0.1, -0.05) is 5.16 Å². The molecule has 0 spiro atoms. The van der Waals surface area contributed by atoms with Crippen LogP contribution < -0.4 is 23.7 Å². The van der Waals surface area contributed by atoms with Gasteiger partial charge in [-0.15, -0.1) is 0 Å². The van der Waals surface area contributed by atoms with Gasteiger partial charge in [0.25, 0.3) is 0 Å². The molecule has 1 atom stereocenters. The van der Waals surface area contributed by atoms with Crippen LogP contribution in [0.4, 0.5) is 0 Å². The van der Waals surface area contributed by atoms with Gasteiger partial charge in [-0.05, 0) is 35.9 Å². The van der Waals surface area contributed by atoms with Crippen molar-refractivity contribution >= 4 is 5.71 Å². The van der Waals surface area contributed by atoms with Crippen LogP contribution in [0.1, 0.15) is 17.5 Å². The first-order chi connectivity index (χ1) is 13.6. The van der Waals surface area contributed by atoms with E-state index < -0.39 is 0 Å². The SMILES string of the molecule is COc1ccc(C2=NOC(Cc3cc(OC)c(OC)c(OC)c3OC)C2)cc1. The second-order valence-electron chi connectivity index (χ2n) is 6.24. The van der Waals surface area contributed by atoms with Crippen molar-refractivity contribution < 1.29 is 28.5 Å². The number of ether oxygens (including phenoxy) is 5. The van der Waals surface area contributed by atoms with E-state index in [1.165, 1.54) is 0 Å². The smallest absolute Gasteiger partial charge is 0.207 e. The van der Waals surface area contributed by atoms with Crippen molar-refractivity contribution in [1.82, 2.24) is 0 Å². The van der Waals surface area contributed by atoms with Crippen molar-refractivity contribution in [2.75, 3.05) is 35.5 Å². The lowest BCUT2D eigenvalue weighted by Crippen LogP contribution is -2.13. The number of oxime groups is 1. The molecule has 7 heteroatoms. The van der Waals surface area contributed by atoms with Gasteiger partial charge in [0, 0.05) is 18.4 Å². The molecule has 1 heterocycles. The van der Waals surface area contributed by atoms with Crippen LogP contribution in [0, 0.1) is 0 Å². The van der Waals surface area contributed by atoms with E-state index in [-0.39, 0.29) is 6.10 Å².